The third kappa shape index (κ3) is 3.35. The van der Waals surface area contributed by atoms with Crippen LogP contribution in [0.3, 0.4) is 0 Å². The molecule has 2 rings (SSSR count). The summed E-state index contributed by atoms with van der Waals surface area (Å²) < 4.78 is 2.68. The van der Waals surface area contributed by atoms with Crippen molar-refractivity contribution < 1.29 is 0 Å². The van der Waals surface area contributed by atoms with Crippen LogP contribution < -0.4 is 5.32 Å². The molecule has 6 heteroatoms. The van der Waals surface area contributed by atoms with E-state index in [1.165, 1.54) is 0 Å². The maximum absolute atomic E-state index is 6.18. The van der Waals surface area contributed by atoms with Crippen LogP contribution in [0.4, 0.5) is 0 Å². The minimum Gasteiger partial charge on any atom is -0.305 e. The van der Waals surface area contributed by atoms with Gasteiger partial charge in [-0.3, -0.25) is 4.68 Å². The fourth-order valence-electron chi connectivity index (χ4n) is 1.93. The molecule has 1 N–H and O–H groups in total. The summed E-state index contributed by atoms with van der Waals surface area (Å²) in [6, 6.07) is 6.02. The lowest BCUT2D eigenvalue weighted by Gasteiger charge is -2.19. The van der Waals surface area contributed by atoms with E-state index in [-0.39, 0.29) is 6.04 Å². The summed E-state index contributed by atoms with van der Waals surface area (Å²) in [7, 11) is 1.89. The van der Waals surface area contributed by atoms with E-state index in [4.69, 9.17) is 11.6 Å². The van der Waals surface area contributed by atoms with E-state index in [0.29, 0.717) is 5.02 Å². The van der Waals surface area contributed by atoms with Gasteiger partial charge < -0.3 is 5.32 Å². The highest BCUT2D eigenvalue weighted by Crippen LogP contribution is 2.28. The minimum atomic E-state index is 0.0468. The molecule has 1 aromatic heterocycles. The Morgan fingerprint density at radius 2 is 2.26 bits per heavy atom. The molecule has 0 aliphatic carbocycles. The van der Waals surface area contributed by atoms with Gasteiger partial charge >= 0.3 is 0 Å². The van der Waals surface area contributed by atoms with Crippen LogP contribution in [-0.4, -0.2) is 21.5 Å². The summed E-state index contributed by atoms with van der Waals surface area (Å²) in [6.45, 7) is 3.06. The Balaban J connectivity index is 2.37. The Kier molecular flexibility index (Phi) is 4.96. The van der Waals surface area contributed by atoms with E-state index >= 15 is 0 Å². The Morgan fingerprint density at radius 1 is 1.47 bits per heavy atom. The standard InChI is InChI=1S/C13H16BrClN4/c1-3-6-16-13(12-8-17-18-19(12)2)9-4-5-10(14)11(15)7-9/h4-5,7-8,13,16H,3,6H2,1-2H3. The van der Waals surface area contributed by atoms with Gasteiger partial charge in [0.1, 0.15) is 0 Å². The molecule has 2 aromatic rings. The molecule has 0 aliphatic rings. The summed E-state index contributed by atoms with van der Waals surface area (Å²) >= 11 is 9.59. The molecule has 0 fully saturated rings. The summed E-state index contributed by atoms with van der Waals surface area (Å²) in [5.74, 6) is 0. The highest BCUT2D eigenvalue weighted by atomic mass is 79.9. The maximum atomic E-state index is 6.18. The van der Waals surface area contributed by atoms with Gasteiger partial charge in [-0.2, -0.15) is 0 Å². The van der Waals surface area contributed by atoms with Crippen LogP contribution in [0.1, 0.15) is 30.6 Å². The zero-order chi connectivity index (χ0) is 13.8. The number of hydrogen-bond acceptors (Lipinski definition) is 3. The first-order valence-electron chi connectivity index (χ1n) is 6.16. The molecule has 0 bridgehead atoms. The number of nitrogens with zero attached hydrogens (tertiary/aromatic N) is 3. The number of hydrogen-bond donors (Lipinski definition) is 1. The summed E-state index contributed by atoms with van der Waals surface area (Å²) in [5, 5.41) is 12.1. The summed E-state index contributed by atoms with van der Waals surface area (Å²) in [4.78, 5) is 0. The molecule has 0 spiro atoms. The fraction of sp³-hybridized carbons (Fsp3) is 0.385. The van der Waals surface area contributed by atoms with E-state index in [2.05, 4.69) is 44.5 Å². The molecular formula is C13H16BrClN4. The van der Waals surface area contributed by atoms with E-state index < -0.39 is 0 Å². The molecule has 0 aliphatic heterocycles. The summed E-state index contributed by atoms with van der Waals surface area (Å²) in [6.07, 6.45) is 2.84. The average Bonchev–Trinajstić information content (AvgIpc) is 2.80. The molecule has 102 valence electrons. The predicted molar refractivity (Wildman–Crippen MR) is 80.3 cm³/mol. The third-order valence-corrected chi connectivity index (χ3v) is 4.15. The van der Waals surface area contributed by atoms with Crippen LogP contribution in [0.25, 0.3) is 0 Å². The second kappa shape index (κ2) is 6.50. The second-order valence-electron chi connectivity index (χ2n) is 4.34. The van der Waals surface area contributed by atoms with E-state index in [9.17, 15) is 0 Å². The first kappa shape index (κ1) is 14.5. The minimum absolute atomic E-state index is 0.0468. The Morgan fingerprint density at radius 3 is 2.84 bits per heavy atom. The van der Waals surface area contributed by atoms with Gasteiger partial charge in [0.25, 0.3) is 0 Å². The molecule has 0 radical (unpaired) electrons. The Hall–Kier alpha value is -0.910. The van der Waals surface area contributed by atoms with Gasteiger partial charge in [-0.05, 0) is 46.6 Å². The van der Waals surface area contributed by atoms with E-state index in [1.807, 2.05) is 19.2 Å². The molecule has 1 atom stereocenters. The van der Waals surface area contributed by atoms with Crippen LogP contribution in [-0.2, 0) is 7.05 Å². The smallest absolute Gasteiger partial charge is 0.0798 e. The highest BCUT2D eigenvalue weighted by Gasteiger charge is 2.18. The Bertz CT molecular complexity index is 555. The molecule has 1 heterocycles. The lowest BCUT2D eigenvalue weighted by Crippen LogP contribution is -2.25. The number of rotatable bonds is 5. The highest BCUT2D eigenvalue weighted by molar-refractivity contribution is 9.10. The van der Waals surface area contributed by atoms with Crippen molar-refractivity contribution in [1.82, 2.24) is 20.3 Å². The molecule has 1 unspecified atom stereocenters. The Labute approximate surface area is 126 Å². The zero-order valence-corrected chi connectivity index (χ0v) is 13.2. The fourth-order valence-corrected chi connectivity index (χ4v) is 2.37. The quantitative estimate of drug-likeness (QED) is 0.905. The van der Waals surface area contributed by atoms with E-state index in [1.54, 1.807) is 10.9 Å². The SMILES string of the molecule is CCCNC(c1ccc(Br)c(Cl)c1)c1cnnn1C. The number of aryl methyl sites for hydroxylation is 1. The monoisotopic (exact) mass is 342 g/mol. The van der Waals surface area contributed by atoms with Crippen LogP contribution in [0, 0.1) is 0 Å². The number of benzene rings is 1. The van der Waals surface area contributed by atoms with E-state index in [0.717, 1.165) is 28.7 Å². The van der Waals surface area contributed by atoms with Gasteiger partial charge in [0.05, 0.1) is 23.0 Å². The van der Waals surface area contributed by atoms with Crippen LogP contribution >= 0.6 is 27.5 Å². The molecule has 0 saturated heterocycles. The lowest BCUT2D eigenvalue weighted by molar-refractivity contribution is 0.550. The number of aromatic nitrogens is 3. The second-order valence-corrected chi connectivity index (χ2v) is 5.60. The van der Waals surface area contributed by atoms with Gasteiger partial charge in [0, 0.05) is 11.5 Å². The predicted octanol–water partition coefficient (Wildman–Crippen LogP) is 3.32. The molecular weight excluding hydrogens is 328 g/mol. The van der Waals surface area contributed by atoms with Crippen LogP contribution in [0.15, 0.2) is 28.9 Å². The van der Waals surface area contributed by atoms with Crippen molar-refractivity contribution in [2.24, 2.45) is 7.05 Å². The maximum Gasteiger partial charge on any atom is 0.0798 e. The first-order valence-corrected chi connectivity index (χ1v) is 7.33. The van der Waals surface area contributed by atoms with Crippen molar-refractivity contribution in [3.05, 3.63) is 45.1 Å². The molecule has 19 heavy (non-hydrogen) atoms. The van der Waals surface area contributed by atoms with Crippen molar-refractivity contribution in [1.29, 1.82) is 0 Å². The molecule has 4 nitrogen and oxygen atoms in total. The first-order chi connectivity index (χ1) is 9.13. The van der Waals surface area contributed by atoms with Crippen molar-refractivity contribution in [2.45, 2.75) is 19.4 Å². The number of nitrogens with one attached hydrogen (secondary N) is 1. The van der Waals surface area contributed by atoms with Crippen LogP contribution in [0.5, 0.6) is 0 Å². The average molecular weight is 344 g/mol. The van der Waals surface area contributed by atoms with Crippen LogP contribution in [0.2, 0.25) is 5.02 Å². The van der Waals surface area contributed by atoms with Gasteiger partial charge in [0.2, 0.25) is 0 Å². The normalized spacial score (nSPS) is 12.6. The van der Waals surface area contributed by atoms with Gasteiger partial charge in [-0.1, -0.05) is 29.8 Å². The topological polar surface area (TPSA) is 42.7 Å². The van der Waals surface area contributed by atoms with Crippen molar-refractivity contribution in [3.8, 4) is 0 Å². The van der Waals surface area contributed by atoms with Gasteiger partial charge in [0.15, 0.2) is 0 Å². The zero-order valence-electron chi connectivity index (χ0n) is 10.9. The van der Waals surface area contributed by atoms with Crippen molar-refractivity contribution in [3.63, 3.8) is 0 Å². The molecule has 0 amide bonds. The summed E-state index contributed by atoms with van der Waals surface area (Å²) in [5.41, 5.74) is 2.12. The lowest BCUT2D eigenvalue weighted by atomic mass is 10.0. The van der Waals surface area contributed by atoms with Gasteiger partial charge in [-0.15, -0.1) is 5.10 Å². The number of halogens is 2. The van der Waals surface area contributed by atoms with Crippen molar-refractivity contribution >= 4 is 27.5 Å². The molecule has 1 aromatic carbocycles. The van der Waals surface area contributed by atoms with Crippen molar-refractivity contribution in [2.75, 3.05) is 6.54 Å². The molecule has 0 saturated carbocycles. The largest absolute Gasteiger partial charge is 0.305 e. The van der Waals surface area contributed by atoms with Gasteiger partial charge in [-0.25, -0.2) is 0 Å². The third-order valence-electron chi connectivity index (χ3n) is 2.92.